The van der Waals surface area contributed by atoms with Crippen molar-refractivity contribution in [1.29, 1.82) is 0 Å². The number of ether oxygens (including phenoxy) is 2. The van der Waals surface area contributed by atoms with Crippen LogP contribution in [0.15, 0.2) is 53.2 Å². The number of nitrogens with zero attached hydrogens (tertiary/aromatic N) is 3. The second-order valence-electron chi connectivity index (χ2n) is 7.68. The smallest absolute Gasteiger partial charge is 0.244 e. The van der Waals surface area contributed by atoms with E-state index in [1.165, 1.54) is 6.08 Å². The third-order valence-electron chi connectivity index (χ3n) is 5.36. The predicted molar refractivity (Wildman–Crippen MR) is 124 cm³/mol. The van der Waals surface area contributed by atoms with Gasteiger partial charge in [-0.3, -0.25) is 4.79 Å². The summed E-state index contributed by atoms with van der Waals surface area (Å²) in [6, 6.07) is 11.4. The van der Waals surface area contributed by atoms with Crippen molar-refractivity contribution in [2.45, 2.75) is 33.9 Å². The average Bonchev–Trinajstić information content (AvgIpc) is 3.38. The first-order valence-electron chi connectivity index (χ1n) is 10.6. The van der Waals surface area contributed by atoms with Crippen molar-refractivity contribution >= 4 is 17.6 Å². The van der Waals surface area contributed by atoms with Crippen molar-refractivity contribution in [3.8, 4) is 11.5 Å². The highest BCUT2D eigenvalue weighted by atomic mass is 16.5. The number of imidazole rings is 1. The molecule has 0 radical (unpaired) electrons. The minimum atomic E-state index is -0.207. The number of hydrogen-bond acceptors (Lipinski definition) is 6. The van der Waals surface area contributed by atoms with Gasteiger partial charge in [-0.15, -0.1) is 0 Å². The van der Waals surface area contributed by atoms with Gasteiger partial charge in [-0.05, 0) is 56.7 Å². The summed E-state index contributed by atoms with van der Waals surface area (Å²) in [5.74, 6) is 1.70. The van der Waals surface area contributed by atoms with Crippen molar-refractivity contribution in [3.05, 3.63) is 82.6 Å². The van der Waals surface area contributed by atoms with Gasteiger partial charge in [0.05, 0.1) is 30.6 Å². The lowest BCUT2D eigenvalue weighted by Gasteiger charge is -2.11. The van der Waals surface area contributed by atoms with Crippen molar-refractivity contribution in [2.24, 2.45) is 0 Å². The number of carbonyl (C=O) groups is 1. The summed E-state index contributed by atoms with van der Waals surface area (Å²) in [7, 11) is 1.58. The van der Waals surface area contributed by atoms with Gasteiger partial charge in [-0.1, -0.05) is 17.3 Å². The maximum atomic E-state index is 12.3. The van der Waals surface area contributed by atoms with Gasteiger partial charge in [0, 0.05) is 18.0 Å². The van der Waals surface area contributed by atoms with Gasteiger partial charge >= 0.3 is 0 Å². The zero-order valence-corrected chi connectivity index (χ0v) is 19.1. The van der Waals surface area contributed by atoms with Gasteiger partial charge < -0.3 is 23.7 Å². The molecule has 170 valence electrons. The van der Waals surface area contributed by atoms with E-state index in [0.29, 0.717) is 24.7 Å². The largest absolute Gasteiger partial charge is 0.493 e. The van der Waals surface area contributed by atoms with Gasteiger partial charge in [-0.2, -0.15) is 0 Å². The molecule has 0 atom stereocenters. The second-order valence-corrected chi connectivity index (χ2v) is 7.68. The first-order valence-corrected chi connectivity index (χ1v) is 10.6. The van der Waals surface area contributed by atoms with E-state index in [1.54, 1.807) is 13.2 Å². The van der Waals surface area contributed by atoms with E-state index in [9.17, 15) is 4.79 Å². The van der Waals surface area contributed by atoms with Crippen LogP contribution in [0.2, 0.25) is 0 Å². The molecule has 0 fully saturated rings. The first-order chi connectivity index (χ1) is 15.9. The quantitative estimate of drug-likeness (QED) is 0.409. The normalized spacial score (nSPS) is 11.3. The third kappa shape index (κ3) is 5.06. The van der Waals surface area contributed by atoms with E-state index in [0.717, 1.165) is 39.6 Å². The molecule has 3 heterocycles. The fourth-order valence-corrected chi connectivity index (χ4v) is 3.46. The summed E-state index contributed by atoms with van der Waals surface area (Å²) in [4.78, 5) is 16.8. The summed E-state index contributed by atoms with van der Waals surface area (Å²) in [5.41, 5.74) is 5.28. The zero-order valence-electron chi connectivity index (χ0n) is 19.1. The van der Waals surface area contributed by atoms with E-state index in [-0.39, 0.29) is 5.91 Å². The predicted octanol–water partition coefficient (Wildman–Crippen LogP) is 4.16. The Morgan fingerprint density at radius 3 is 2.76 bits per heavy atom. The van der Waals surface area contributed by atoms with Crippen LogP contribution in [0, 0.1) is 20.8 Å². The summed E-state index contributed by atoms with van der Waals surface area (Å²) in [5, 5.41) is 6.80. The van der Waals surface area contributed by atoms with E-state index in [1.807, 2.05) is 67.8 Å². The molecule has 4 aromatic rings. The maximum absolute atomic E-state index is 12.3. The van der Waals surface area contributed by atoms with Crippen LogP contribution in [0.5, 0.6) is 11.5 Å². The van der Waals surface area contributed by atoms with E-state index in [4.69, 9.17) is 14.0 Å². The number of methoxy groups -OCH3 is 1. The monoisotopic (exact) mass is 446 g/mol. The molecule has 0 saturated heterocycles. The lowest BCUT2D eigenvalue weighted by Crippen LogP contribution is -2.20. The first kappa shape index (κ1) is 22.1. The Kier molecular flexibility index (Phi) is 6.44. The Morgan fingerprint density at radius 1 is 1.18 bits per heavy atom. The molecule has 4 rings (SSSR count). The number of aryl methyl sites for hydroxylation is 3. The number of benzene rings is 1. The molecule has 0 aliphatic heterocycles. The molecule has 3 aromatic heterocycles. The third-order valence-corrected chi connectivity index (χ3v) is 5.36. The van der Waals surface area contributed by atoms with Crippen molar-refractivity contribution in [2.75, 3.05) is 7.11 Å². The highest BCUT2D eigenvalue weighted by Crippen LogP contribution is 2.30. The highest BCUT2D eigenvalue weighted by molar-refractivity contribution is 5.91. The lowest BCUT2D eigenvalue weighted by atomic mass is 10.2. The average molecular weight is 447 g/mol. The summed E-state index contributed by atoms with van der Waals surface area (Å²) in [6.07, 6.45) is 5.14. The SMILES string of the molecule is COc1cc(C=CC(=O)NCc2cn3c(C)cccc3n2)ccc1OCc1c(C)noc1C. The molecule has 0 saturated carbocycles. The van der Waals surface area contributed by atoms with Crippen LogP contribution in [0.4, 0.5) is 0 Å². The van der Waals surface area contributed by atoms with Gasteiger partial charge in [0.25, 0.3) is 0 Å². The molecule has 0 spiro atoms. The molecule has 1 N–H and O–H groups in total. The number of aromatic nitrogens is 3. The standard InChI is InChI=1S/C25H26N4O4/c1-16-6-5-7-24-27-20(14-29(16)24)13-26-25(30)11-9-19-8-10-22(23(12-19)31-4)32-15-21-17(2)28-33-18(21)3/h5-12,14H,13,15H2,1-4H3,(H,26,30). The number of pyridine rings is 1. The number of fused-ring (bicyclic) bond motifs is 1. The molecule has 0 bridgehead atoms. The van der Waals surface area contributed by atoms with Gasteiger partial charge in [-0.25, -0.2) is 4.98 Å². The molecule has 0 aliphatic carbocycles. The van der Waals surface area contributed by atoms with E-state index < -0.39 is 0 Å². The maximum Gasteiger partial charge on any atom is 0.244 e. The summed E-state index contributed by atoms with van der Waals surface area (Å²) >= 11 is 0. The molecule has 1 aromatic carbocycles. The molecule has 8 heteroatoms. The van der Waals surface area contributed by atoms with Crippen LogP contribution < -0.4 is 14.8 Å². The lowest BCUT2D eigenvalue weighted by molar-refractivity contribution is -0.116. The fraction of sp³-hybridized carbons (Fsp3) is 0.240. The zero-order chi connectivity index (χ0) is 23.4. The Bertz CT molecular complexity index is 1300. The van der Waals surface area contributed by atoms with Gasteiger partial charge in [0.15, 0.2) is 11.5 Å². The minimum Gasteiger partial charge on any atom is -0.493 e. The Hall–Kier alpha value is -4.07. The highest BCUT2D eigenvalue weighted by Gasteiger charge is 2.12. The van der Waals surface area contributed by atoms with Crippen LogP contribution in [0.25, 0.3) is 11.7 Å². The summed E-state index contributed by atoms with van der Waals surface area (Å²) < 4.78 is 18.5. The number of hydrogen-bond donors (Lipinski definition) is 1. The van der Waals surface area contributed by atoms with Gasteiger partial charge in [0.2, 0.25) is 5.91 Å². The number of nitrogens with one attached hydrogen (secondary N) is 1. The van der Waals surface area contributed by atoms with E-state index >= 15 is 0 Å². The van der Waals surface area contributed by atoms with Crippen LogP contribution in [0.3, 0.4) is 0 Å². The molecule has 33 heavy (non-hydrogen) atoms. The number of carbonyl (C=O) groups excluding carboxylic acids is 1. The summed E-state index contributed by atoms with van der Waals surface area (Å²) in [6.45, 7) is 6.42. The minimum absolute atomic E-state index is 0.207. The van der Waals surface area contributed by atoms with Crippen LogP contribution in [-0.4, -0.2) is 27.6 Å². The molecule has 1 amide bonds. The van der Waals surface area contributed by atoms with E-state index in [2.05, 4.69) is 15.5 Å². The number of rotatable bonds is 8. The van der Waals surface area contributed by atoms with Crippen molar-refractivity contribution in [3.63, 3.8) is 0 Å². The van der Waals surface area contributed by atoms with Crippen LogP contribution >= 0.6 is 0 Å². The van der Waals surface area contributed by atoms with Crippen molar-refractivity contribution < 1.29 is 18.8 Å². The number of amides is 1. The molecule has 8 nitrogen and oxygen atoms in total. The van der Waals surface area contributed by atoms with Gasteiger partial charge in [0.1, 0.15) is 18.0 Å². The Labute approximate surface area is 191 Å². The fourth-order valence-electron chi connectivity index (χ4n) is 3.46. The molecule has 0 aliphatic rings. The molecular weight excluding hydrogens is 420 g/mol. The topological polar surface area (TPSA) is 90.9 Å². The van der Waals surface area contributed by atoms with Crippen LogP contribution in [-0.2, 0) is 17.9 Å². The molecule has 0 unspecified atom stereocenters. The molecular formula is C25H26N4O4. The Morgan fingerprint density at radius 2 is 2.03 bits per heavy atom. The van der Waals surface area contributed by atoms with Crippen molar-refractivity contribution in [1.82, 2.24) is 19.9 Å². The Balaban J connectivity index is 1.36. The second kappa shape index (κ2) is 9.60. The van der Waals surface area contributed by atoms with Crippen LogP contribution in [0.1, 0.15) is 34.0 Å².